The van der Waals surface area contributed by atoms with E-state index in [4.69, 9.17) is 9.94 Å². The molecule has 0 amide bonds. The molecular weight excluding hydrogens is 288 g/mol. The first-order valence-electron chi connectivity index (χ1n) is 8.33. The highest BCUT2D eigenvalue weighted by molar-refractivity contribution is 5.99. The Labute approximate surface area is 141 Å². The maximum absolute atomic E-state index is 8.92. The zero-order valence-corrected chi connectivity index (χ0v) is 13.8. The van der Waals surface area contributed by atoms with Crippen molar-refractivity contribution in [1.29, 1.82) is 0 Å². The van der Waals surface area contributed by atoms with Crippen LogP contribution in [0.4, 0.5) is 0 Å². The van der Waals surface area contributed by atoms with Crippen LogP contribution in [0.1, 0.15) is 51.7 Å². The molecule has 0 aromatic heterocycles. The van der Waals surface area contributed by atoms with Gasteiger partial charge in [-0.05, 0) is 49.4 Å². The van der Waals surface area contributed by atoms with Crippen LogP contribution in [0, 0.1) is 5.92 Å². The fraction of sp³-hybridized carbons (Fsp3) is 0.632. The number of piperidine rings is 1. The molecule has 1 aromatic rings. The van der Waals surface area contributed by atoms with Crippen molar-refractivity contribution >= 4 is 5.71 Å². The van der Waals surface area contributed by atoms with Gasteiger partial charge in [0.2, 0.25) is 0 Å². The van der Waals surface area contributed by atoms with Crippen LogP contribution in [0.5, 0.6) is 0 Å². The topological polar surface area (TPSA) is 45.1 Å². The fourth-order valence-electron chi connectivity index (χ4n) is 2.80. The highest BCUT2D eigenvalue weighted by Crippen LogP contribution is 2.15. The number of rotatable bonds is 7. The van der Waals surface area contributed by atoms with Crippen molar-refractivity contribution in [2.24, 2.45) is 11.1 Å². The standard InChI is InChI=1S/C18H28N2O2.CH4/c1-3-18(19-21)17-6-4-16(5-7-17)14-22-13-12-20-10-8-15(2)9-11-20;/h4-7,15,21H,3,8-14H2,1-2H3;1H4/b19-18-;. The molecule has 0 unspecified atom stereocenters. The second-order valence-corrected chi connectivity index (χ2v) is 6.17. The van der Waals surface area contributed by atoms with E-state index in [2.05, 4.69) is 17.0 Å². The van der Waals surface area contributed by atoms with E-state index in [1.165, 1.54) is 25.9 Å². The lowest BCUT2D eigenvalue weighted by molar-refractivity contribution is 0.0807. The Morgan fingerprint density at radius 2 is 1.91 bits per heavy atom. The van der Waals surface area contributed by atoms with Crippen LogP contribution in [0.3, 0.4) is 0 Å². The molecule has 23 heavy (non-hydrogen) atoms. The molecule has 0 spiro atoms. The lowest BCUT2D eigenvalue weighted by atomic mass is 9.99. The summed E-state index contributed by atoms with van der Waals surface area (Å²) < 4.78 is 5.78. The largest absolute Gasteiger partial charge is 0.411 e. The molecule has 0 bridgehead atoms. The van der Waals surface area contributed by atoms with Gasteiger partial charge in [0.1, 0.15) is 0 Å². The van der Waals surface area contributed by atoms with E-state index in [0.29, 0.717) is 12.3 Å². The molecule has 130 valence electrons. The van der Waals surface area contributed by atoms with E-state index in [0.717, 1.165) is 36.6 Å². The molecule has 1 aromatic carbocycles. The van der Waals surface area contributed by atoms with Gasteiger partial charge in [0, 0.05) is 6.54 Å². The van der Waals surface area contributed by atoms with Crippen molar-refractivity contribution in [1.82, 2.24) is 4.90 Å². The number of hydrogen-bond donors (Lipinski definition) is 1. The van der Waals surface area contributed by atoms with E-state index in [1.807, 2.05) is 31.2 Å². The van der Waals surface area contributed by atoms with Crippen LogP contribution in [0.2, 0.25) is 0 Å². The Morgan fingerprint density at radius 1 is 1.26 bits per heavy atom. The monoisotopic (exact) mass is 320 g/mol. The number of benzene rings is 1. The Bertz CT molecular complexity index is 463. The van der Waals surface area contributed by atoms with E-state index in [-0.39, 0.29) is 7.43 Å². The molecular formula is C19H32N2O2. The number of likely N-dealkylation sites (tertiary alicyclic amines) is 1. The van der Waals surface area contributed by atoms with Crippen molar-refractivity contribution < 1.29 is 9.94 Å². The van der Waals surface area contributed by atoms with Crippen molar-refractivity contribution in [3.8, 4) is 0 Å². The van der Waals surface area contributed by atoms with Gasteiger partial charge in [0.25, 0.3) is 0 Å². The Kier molecular flexibility index (Phi) is 8.89. The summed E-state index contributed by atoms with van der Waals surface area (Å²) >= 11 is 0. The van der Waals surface area contributed by atoms with Gasteiger partial charge in [-0.1, -0.05) is 50.7 Å². The summed E-state index contributed by atoms with van der Waals surface area (Å²) in [5.41, 5.74) is 2.84. The Morgan fingerprint density at radius 3 is 2.48 bits per heavy atom. The second-order valence-electron chi connectivity index (χ2n) is 6.17. The normalized spacial score (nSPS) is 17.0. The average molecular weight is 320 g/mol. The lowest BCUT2D eigenvalue weighted by Crippen LogP contribution is -2.35. The van der Waals surface area contributed by atoms with Crippen LogP contribution in [-0.4, -0.2) is 42.1 Å². The van der Waals surface area contributed by atoms with Crippen LogP contribution < -0.4 is 0 Å². The van der Waals surface area contributed by atoms with Crippen LogP contribution in [0.25, 0.3) is 0 Å². The minimum absolute atomic E-state index is 0. The first kappa shape index (κ1) is 19.7. The molecule has 0 aliphatic carbocycles. The molecule has 1 aliphatic rings. The van der Waals surface area contributed by atoms with E-state index in [9.17, 15) is 0 Å². The molecule has 1 heterocycles. The molecule has 4 heteroatoms. The molecule has 0 saturated carbocycles. The van der Waals surface area contributed by atoms with E-state index >= 15 is 0 Å². The summed E-state index contributed by atoms with van der Waals surface area (Å²) in [7, 11) is 0. The van der Waals surface area contributed by atoms with Gasteiger partial charge in [-0.15, -0.1) is 0 Å². The first-order chi connectivity index (χ1) is 10.7. The average Bonchev–Trinajstić information content (AvgIpc) is 2.56. The third-order valence-corrected chi connectivity index (χ3v) is 4.44. The second kappa shape index (κ2) is 10.4. The third kappa shape index (κ3) is 6.32. The maximum Gasteiger partial charge on any atom is 0.0865 e. The highest BCUT2D eigenvalue weighted by Gasteiger charge is 2.14. The van der Waals surface area contributed by atoms with Gasteiger partial charge in [-0.2, -0.15) is 0 Å². The van der Waals surface area contributed by atoms with Gasteiger partial charge in [-0.25, -0.2) is 0 Å². The predicted molar refractivity (Wildman–Crippen MR) is 96.3 cm³/mol. The molecule has 1 fully saturated rings. The fourth-order valence-corrected chi connectivity index (χ4v) is 2.80. The Hall–Kier alpha value is -1.39. The third-order valence-electron chi connectivity index (χ3n) is 4.44. The Balaban J connectivity index is 0.00000264. The predicted octanol–water partition coefficient (Wildman–Crippen LogP) is 4.16. The SMILES string of the molecule is C.CC/C(=N/O)c1ccc(COCCN2CCC(C)CC2)cc1. The number of ether oxygens (including phenoxy) is 1. The highest BCUT2D eigenvalue weighted by atomic mass is 16.5. The summed E-state index contributed by atoms with van der Waals surface area (Å²) in [4.78, 5) is 2.49. The molecule has 1 saturated heterocycles. The molecule has 1 aliphatic heterocycles. The van der Waals surface area contributed by atoms with Crippen molar-refractivity contribution in [2.45, 2.75) is 47.1 Å². The van der Waals surface area contributed by atoms with Crippen molar-refractivity contribution in [3.63, 3.8) is 0 Å². The summed E-state index contributed by atoms with van der Waals surface area (Å²) in [6, 6.07) is 8.06. The quantitative estimate of drug-likeness (QED) is 0.355. The zero-order valence-electron chi connectivity index (χ0n) is 13.8. The van der Waals surface area contributed by atoms with Gasteiger partial charge < -0.3 is 14.8 Å². The van der Waals surface area contributed by atoms with E-state index < -0.39 is 0 Å². The molecule has 2 rings (SSSR count). The van der Waals surface area contributed by atoms with Gasteiger partial charge in [0.05, 0.1) is 18.9 Å². The molecule has 0 radical (unpaired) electrons. The van der Waals surface area contributed by atoms with Crippen molar-refractivity contribution in [3.05, 3.63) is 35.4 Å². The van der Waals surface area contributed by atoms with Gasteiger partial charge in [0.15, 0.2) is 0 Å². The number of nitrogens with zero attached hydrogens (tertiary/aromatic N) is 2. The summed E-state index contributed by atoms with van der Waals surface area (Å²) in [6.45, 7) is 9.19. The van der Waals surface area contributed by atoms with Crippen LogP contribution in [0.15, 0.2) is 29.4 Å². The minimum atomic E-state index is 0. The molecule has 1 N–H and O–H groups in total. The minimum Gasteiger partial charge on any atom is -0.411 e. The summed E-state index contributed by atoms with van der Waals surface area (Å²) in [5, 5.41) is 12.2. The van der Waals surface area contributed by atoms with Crippen LogP contribution in [-0.2, 0) is 11.3 Å². The number of oxime groups is 1. The maximum atomic E-state index is 8.92. The van der Waals surface area contributed by atoms with Gasteiger partial charge >= 0.3 is 0 Å². The summed E-state index contributed by atoms with van der Waals surface area (Å²) in [6.07, 6.45) is 3.35. The molecule has 4 nitrogen and oxygen atoms in total. The molecule has 0 atom stereocenters. The van der Waals surface area contributed by atoms with Gasteiger partial charge in [-0.3, -0.25) is 0 Å². The lowest BCUT2D eigenvalue weighted by Gasteiger charge is -2.29. The van der Waals surface area contributed by atoms with Crippen molar-refractivity contribution in [2.75, 3.05) is 26.2 Å². The zero-order chi connectivity index (χ0) is 15.8. The van der Waals surface area contributed by atoms with Crippen LogP contribution >= 0.6 is 0 Å². The van der Waals surface area contributed by atoms with E-state index in [1.54, 1.807) is 0 Å². The summed E-state index contributed by atoms with van der Waals surface area (Å²) in [5.74, 6) is 0.881. The smallest absolute Gasteiger partial charge is 0.0865 e. The first-order valence-corrected chi connectivity index (χ1v) is 8.33. The number of hydrogen-bond acceptors (Lipinski definition) is 4.